The Hall–Kier alpha value is -2.93. The number of fused-ring (bicyclic) bond motifs is 3. The number of nitrogens with zero attached hydrogens (tertiary/aromatic N) is 3. The number of nitrogens with one attached hydrogen (secondary N) is 1. The SMILES string of the molecule is CC(C(=O)NCc1cccs1)n1c(=O)c2cccn2c2cccnc21. The van der Waals surface area contributed by atoms with Gasteiger partial charge in [0.2, 0.25) is 5.91 Å². The van der Waals surface area contributed by atoms with E-state index < -0.39 is 6.04 Å². The summed E-state index contributed by atoms with van der Waals surface area (Å²) < 4.78 is 3.27. The molecular weight excluding hydrogens is 336 g/mol. The molecule has 4 heterocycles. The van der Waals surface area contributed by atoms with E-state index in [9.17, 15) is 9.59 Å². The summed E-state index contributed by atoms with van der Waals surface area (Å²) in [6, 6.07) is 10.5. The maximum atomic E-state index is 12.9. The fourth-order valence-electron chi connectivity index (χ4n) is 2.96. The van der Waals surface area contributed by atoms with Crippen LogP contribution >= 0.6 is 11.3 Å². The monoisotopic (exact) mass is 352 g/mol. The van der Waals surface area contributed by atoms with Crippen molar-refractivity contribution < 1.29 is 4.79 Å². The van der Waals surface area contributed by atoms with Gasteiger partial charge in [-0.1, -0.05) is 6.07 Å². The van der Waals surface area contributed by atoms with Gasteiger partial charge in [-0.3, -0.25) is 14.2 Å². The highest BCUT2D eigenvalue weighted by Crippen LogP contribution is 2.17. The van der Waals surface area contributed by atoms with Crippen molar-refractivity contribution >= 4 is 33.9 Å². The van der Waals surface area contributed by atoms with E-state index in [4.69, 9.17) is 0 Å². The van der Waals surface area contributed by atoms with Gasteiger partial charge < -0.3 is 9.72 Å². The van der Waals surface area contributed by atoms with Crippen molar-refractivity contribution in [3.63, 3.8) is 0 Å². The van der Waals surface area contributed by atoms with Gasteiger partial charge in [0.15, 0.2) is 5.65 Å². The number of amides is 1. The van der Waals surface area contributed by atoms with E-state index >= 15 is 0 Å². The highest BCUT2D eigenvalue weighted by molar-refractivity contribution is 7.09. The molecule has 0 aliphatic heterocycles. The molecule has 1 unspecified atom stereocenters. The summed E-state index contributed by atoms with van der Waals surface area (Å²) in [7, 11) is 0. The molecule has 1 atom stereocenters. The van der Waals surface area contributed by atoms with Crippen molar-refractivity contribution in [2.45, 2.75) is 19.5 Å². The summed E-state index contributed by atoms with van der Waals surface area (Å²) in [4.78, 5) is 30.9. The smallest absolute Gasteiger partial charge is 0.277 e. The molecule has 6 nitrogen and oxygen atoms in total. The second-order valence-corrected chi connectivity index (χ2v) is 6.79. The molecule has 0 aliphatic carbocycles. The predicted molar refractivity (Wildman–Crippen MR) is 97.8 cm³/mol. The van der Waals surface area contributed by atoms with Gasteiger partial charge >= 0.3 is 0 Å². The van der Waals surface area contributed by atoms with Crippen molar-refractivity contribution in [3.05, 3.63) is 69.4 Å². The molecule has 0 spiro atoms. The van der Waals surface area contributed by atoms with E-state index in [0.717, 1.165) is 10.4 Å². The van der Waals surface area contributed by atoms with Crippen LogP contribution in [0.1, 0.15) is 17.8 Å². The quantitative estimate of drug-likeness (QED) is 0.614. The topological polar surface area (TPSA) is 68.4 Å². The maximum Gasteiger partial charge on any atom is 0.277 e. The Morgan fingerprint density at radius 2 is 2.08 bits per heavy atom. The van der Waals surface area contributed by atoms with E-state index in [-0.39, 0.29) is 11.5 Å². The first kappa shape index (κ1) is 15.6. The van der Waals surface area contributed by atoms with Crippen molar-refractivity contribution in [2.24, 2.45) is 0 Å². The Kier molecular flexibility index (Phi) is 3.85. The van der Waals surface area contributed by atoms with E-state index in [2.05, 4.69) is 10.3 Å². The predicted octanol–water partition coefficient (Wildman–Crippen LogP) is 2.59. The number of aromatic nitrogens is 3. The zero-order chi connectivity index (χ0) is 17.4. The van der Waals surface area contributed by atoms with Crippen LogP contribution in [0.25, 0.3) is 16.7 Å². The molecule has 7 heteroatoms. The first-order chi connectivity index (χ1) is 12.2. The van der Waals surface area contributed by atoms with Crippen LogP contribution in [0.2, 0.25) is 0 Å². The Balaban J connectivity index is 1.77. The molecule has 126 valence electrons. The molecular formula is C18H16N4O2S. The molecule has 4 rings (SSSR count). The van der Waals surface area contributed by atoms with E-state index in [1.54, 1.807) is 34.9 Å². The molecule has 0 aliphatic rings. The first-order valence-corrected chi connectivity index (χ1v) is 8.81. The van der Waals surface area contributed by atoms with Crippen molar-refractivity contribution in [1.82, 2.24) is 19.3 Å². The van der Waals surface area contributed by atoms with Gasteiger partial charge in [0.25, 0.3) is 5.56 Å². The summed E-state index contributed by atoms with van der Waals surface area (Å²) in [5, 5.41) is 4.86. The molecule has 0 saturated carbocycles. The Labute approximate surface area is 147 Å². The van der Waals surface area contributed by atoms with Gasteiger partial charge in [0, 0.05) is 17.3 Å². The Morgan fingerprint density at radius 3 is 2.88 bits per heavy atom. The molecule has 0 saturated heterocycles. The molecule has 0 aromatic carbocycles. The molecule has 1 N–H and O–H groups in total. The van der Waals surface area contributed by atoms with Crippen LogP contribution < -0.4 is 10.9 Å². The van der Waals surface area contributed by atoms with Gasteiger partial charge in [-0.15, -0.1) is 11.3 Å². The average Bonchev–Trinajstić information content (AvgIpc) is 3.31. The van der Waals surface area contributed by atoms with Crippen LogP contribution in [0.3, 0.4) is 0 Å². The normalized spacial score (nSPS) is 12.5. The van der Waals surface area contributed by atoms with Crippen LogP contribution in [0.15, 0.2) is 59.0 Å². The van der Waals surface area contributed by atoms with Crippen LogP contribution in [0.5, 0.6) is 0 Å². The lowest BCUT2D eigenvalue weighted by Crippen LogP contribution is -2.36. The summed E-state index contributed by atoms with van der Waals surface area (Å²) in [5.41, 5.74) is 1.59. The summed E-state index contributed by atoms with van der Waals surface area (Å²) >= 11 is 1.58. The van der Waals surface area contributed by atoms with E-state index in [1.165, 1.54) is 4.57 Å². The minimum Gasteiger partial charge on any atom is -0.349 e. The van der Waals surface area contributed by atoms with Gasteiger partial charge in [0.1, 0.15) is 11.6 Å². The van der Waals surface area contributed by atoms with Gasteiger partial charge in [-0.25, -0.2) is 4.98 Å². The minimum absolute atomic E-state index is 0.210. The highest BCUT2D eigenvalue weighted by atomic mass is 32.1. The first-order valence-electron chi connectivity index (χ1n) is 7.93. The second kappa shape index (κ2) is 6.18. The molecule has 0 radical (unpaired) electrons. The lowest BCUT2D eigenvalue weighted by Gasteiger charge is -2.18. The van der Waals surface area contributed by atoms with E-state index in [1.807, 2.05) is 41.9 Å². The van der Waals surface area contributed by atoms with Crippen molar-refractivity contribution in [2.75, 3.05) is 0 Å². The number of hydrogen-bond donors (Lipinski definition) is 1. The Morgan fingerprint density at radius 1 is 1.24 bits per heavy atom. The zero-order valence-electron chi connectivity index (χ0n) is 13.5. The fourth-order valence-corrected chi connectivity index (χ4v) is 3.60. The standard InChI is InChI=1S/C18H16N4O2S/c1-12(17(23)20-11-13-5-4-10-25-13)22-16-14(6-2-8-19-16)21-9-3-7-15(21)18(22)24/h2-10,12H,11H2,1H3,(H,20,23). The summed E-state index contributed by atoms with van der Waals surface area (Å²) in [6.45, 7) is 2.17. The van der Waals surface area contributed by atoms with Gasteiger partial charge in [-0.05, 0) is 42.6 Å². The number of hydrogen-bond acceptors (Lipinski definition) is 4. The minimum atomic E-state index is -0.662. The van der Waals surface area contributed by atoms with Crippen LogP contribution in [0, 0.1) is 0 Å². The van der Waals surface area contributed by atoms with Crippen molar-refractivity contribution in [1.29, 1.82) is 0 Å². The lowest BCUT2D eigenvalue weighted by atomic mass is 10.2. The zero-order valence-corrected chi connectivity index (χ0v) is 14.4. The fraction of sp³-hybridized carbons (Fsp3) is 0.167. The average molecular weight is 352 g/mol. The second-order valence-electron chi connectivity index (χ2n) is 5.76. The Bertz CT molecular complexity index is 1110. The molecule has 4 aromatic rings. The third-order valence-electron chi connectivity index (χ3n) is 4.22. The number of carbonyl (C=O) groups is 1. The van der Waals surface area contributed by atoms with Crippen LogP contribution in [-0.4, -0.2) is 19.9 Å². The highest BCUT2D eigenvalue weighted by Gasteiger charge is 2.21. The molecule has 4 aromatic heterocycles. The van der Waals surface area contributed by atoms with Crippen molar-refractivity contribution in [3.8, 4) is 0 Å². The molecule has 1 amide bonds. The molecule has 25 heavy (non-hydrogen) atoms. The number of pyridine rings is 1. The van der Waals surface area contributed by atoms with Gasteiger partial charge in [-0.2, -0.15) is 0 Å². The van der Waals surface area contributed by atoms with Gasteiger partial charge in [0.05, 0.1) is 12.1 Å². The van der Waals surface area contributed by atoms with E-state index in [0.29, 0.717) is 17.7 Å². The third kappa shape index (κ3) is 2.62. The summed E-state index contributed by atoms with van der Waals surface area (Å²) in [5.74, 6) is -0.210. The maximum absolute atomic E-state index is 12.9. The number of carbonyl (C=O) groups excluding carboxylic acids is 1. The number of thiophene rings is 1. The third-order valence-corrected chi connectivity index (χ3v) is 5.10. The van der Waals surface area contributed by atoms with Crippen LogP contribution in [-0.2, 0) is 11.3 Å². The number of rotatable bonds is 4. The molecule has 0 bridgehead atoms. The van der Waals surface area contributed by atoms with Crippen LogP contribution in [0.4, 0.5) is 0 Å². The lowest BCUT2D eigenvalue weighted by molar-refractivity contribution is -0.124. The molecule has 0 fully saturated rings. The largest absolute Gasteiger partial charge is 0.349 e. The summed E-state index contributed by atoms with van der Waals surface area (Å²) in [6.07, 6.45) is 3.45.